The monoisotopic (exact) mass is 656 g/mol. The van der Waals surface area contributed by atoms with Gasteiger partial charge in [0.1, 0.15) is 22.9 Å². The third-order valence-electron chi connectivity index (χ3n) is 6.02. The van der Waals surface area contributed by atoms with E-state index in [2.05, 4.69) is 24.9 Å². The van der Waals surface area contributed by atoms with Crippen LogP contribution >= 0.6 is 23.5 Å². The van der Waals surface area contributed by atoms with E-state index in [-0.39, 0.29) is 23.0 Å². The van der Waals surface area contributed by atoms with Crippen LogP contribution in [-0.2, 0) is 7.05 Å². The van der Waals surface area contributed by atoms with Crippen LogP contribution in [0.1, 0.15) is 0 Å². The molecule has 0 spiro atoms. The maximum atomic E-state index is 13.7. The SMILES string of the molecule is CSc1ncc2cc(Oc3ccc(F)cc3F)c(=O)[nH]c2n1.CSc1ncc2cc(Oc3ccc(F)cc3F)c(=O)n(C)c2n1. The lowest BCUT2D eigenvalue weighted by atomic mass is 10.3. The fourth-order valence-corrected chi connectivity index (χ4v) is 4.53. The molecule has 6 aromatic rings. The first-order valence-corrected chi connectivity index (χ1v) is 15.1. The molecule has 0 atom stereocenters. The number of pyridine rings is 2. The van der Waals surface area contributed by atoms with E-state index in [9.17, 15) is 27.2 Å². The van der Waals surface area contributed by atoms with Gasteiger partial charge >= 0.3 is 0 Å². The van der Waals surface area contributed by atoms with Crippen molar-refractivity contribution >= 4 is 45.6 Å². The topological polar surface area (TPSA) is 125 Å². The van der Waals surface area contributed by atoms with Crippen LogP contribution < -0.4 is 20.6 Å². The third-order valence-corrected chi connectivity index (χ3v) is 7.15. The number of nitrogens with zero attached hydrogens (tertiary/aromatic N) is 5. The number of H-pyrrole nitrogens is 1. The molecule has 4 aromatic heterocycles. The molecular weight excluding hydrogens is 636 g/mol. The van der Waals surface area contributed by atoms with Crippen LogP contribution in [0.5, 0.6) is 23.0 Å². The van der Waals surface area contributed by atoms with E-state index < -0.39 is 34.4 Å². The van der Waals surface area contributed by atoms with Gasteiger partial charge in [-0.05, 0) is 48.9 Å². The highest BCUT2D eigenvalue weighted by Crippen LogP contribution is 2.26. The van der Waals surface area contributed by atoms with Gasteiger partial charge in [0.2, 0.25) is 0 Å². The Morgan fingerprint density at radius 2 is 1.24 bits per heavy atom. The van der Waals surface area contributed by atoms with E-state index in [0.29, 0.717) is 44.5 Å². The molecular formula is C29H20F4N6O4S2. The molecule has 0 radical (unpaired) electrons. The normalized spacial score (nSPS) is 10.9. The van der Waals surface area contributed by atoms with E-state index in [4.69, 9.17) is 9.47 Å². The van der Waals surface area contributed by atoms with Crippen molar-refractivity contribution < 1.29 is 27.0 Å². The van der Waals surface area contributed by atoms with Crippen LogP contribution in [0.2, 0.25) is 0 Å². The molecule has 0 bridgehead atoms. The first kappa shape index (κ1) is 31.5. The third kappa shape index (κ3) is 7.07. The highest BCUT2D eigenvalue weighted by atomic mass is 32.2. The molecule has 16 heteroatoms. The van der Waals surface area contributed by atoms with Gasteiger partial charge in [-0.2, -0.15) is 0 Å². The van der Waals surface area contributed by atoms with Gasteiger partial charge in [-0.3, -0.25) is 14.2 Å². The molecule has 0 saturated heterocycles. The number of nitrogens with one attached hydrogen (secondary N) is 1. The Morgan fingerprint density at radius 1 is 0.711 bits per heavy atom. The van der Waals surface area contributed by atoms with E-state index in [1.54, 1.807) is 6.20 Å². The number of rotatable bonds is 6. The van der Waals surface area contributed by atoms with Gasteiger partial charge in [-0.15, -0.1) is 0 Å². The van der Waals surface area contributed by atoms with Crippen LogP contribution in [0.3, 0.4) is 0 Å². The van der Waals surface area contributed by atoms with Crippen LogP contribution in [0.25, 0.3) is 22.1 Å². The Balaban J connectivity index is 0.000000178. The van der Waals surface area contributed by atoms with Crippen molar-refractivity contribution in [3.63, 3.8) is 0 Å². The molecule has 230 valence electrons. The van der Waals surface area contributed by atoms with E-state index in [1.165, 1.54) is 53.5 Å². The summed E-state index contributed by atoms with van der Waals surface area (Å²) in [7, 11) is 1.54. The van der Waals surface area contributed by atoms with Crippen molar-refractivity contribution in [1.29, 1.82) is 0 Å². The second-order valence-corrected chi connectivity index (χ2v) is 10.5. The minimum absolute atomic E-state index is 0.0917. The summed E-state index contributed by atoms with van der Waals surface area (Å²) in [6.45, 7) is 0. The molecule has 0 amide bonds. The highest BCUT2D eigenvalue weighted by Gasteiger charge is 2.14. The molecule has 0 saturated carbocycles. The van der Waals surface area contributed by atoms with Gasteiger partial charge in [-0.25, -0.2) is 37.5 Å². The van der Waals surface area contributed by atoms with Crippen molar-refractivity contribution in [3.05, 3.63) is 105 Å². The second kappa shape index (κ2) is 13.4. The maximum Gasteiger partial charge on any atom is 0.294 e. The average Bonchev–Trinajstić information content (AvgIpc) is 3.02. The standard InChI is InChI=1S/C15H11F2N3O2S.C14H9F2N3O2S/c1-20-13-8(7-18-15(19-13)23-2)5-12(14(20)21)22-11-4-3-9(16)6-10(11)17;1-22-14-17-6-7-4-11(13(20)18-12(7)19-14)21-10-3-2-8(15)5-9(10)16/h3-7H,1-2H3;2-6H,1H3,(H,17,18,19,20). The van der Waals surface area contributed by atoms with E-state index >= 15 is 0 Å². The zero-order valence-corrected chi connectivity index (χ0v) is 25.1. The van der Waals surface area contributed by atoms with Gasteiger partial charge in [-0.1, -0.05) is 23.5 Å². The Kier molecular flexibility index (Phi) is 9.34. The quantitative estimate of drug-likeness (QED) is 0.125. The maximum absolute atomic E-state index is 13.7. The van der Waals surface area contributed by atoms with E-state index in [1.807, 2.05) is 12.5 Å². The van der Waals surface area contributed by atoms with Gasteiger partial charge in [0.15, 0.2) is 44.9 Å². The molecule has 0 aliphatic carbocycles. The first-order chi connectivity index (χ1) is 21.6. The Labute approximate surface area is 259 Å². The average molecular weight is 657 g/mol. The van der Waals surface area contributed by atoms with Crippen molar-refractivity contribution in [3.8, 4) is 23.0 Å². The molecule has 1 N–H and O–H groups in total. The zero-order valence-electron chi connectivity index (χ0n) is 23.5. The summed E-state index contributed by atoms with van der Waals surface area (Å²) < 4.78 is 64.9. The Hall–Kier alpha value is -4.96. The predicted molar refractivity (Wildman–Crippen MR) is 161 cm³/mol. The highest BCUT2D eigenvalue weighted by molar-refractivity contribution is 7.98. The summed E-state index contributed by atoms with van der Waals surface area (Å²) in [5.74, 6) is -3.92. The molecule has 0 unspecified atom stereocenters. The number of aromatic nitrogens is 6. The number of ether oxygens (including phenoxy) is 2. The largest absolute Gasteiger partial charge is 0.448 e. The molecule has 0 fully saturated rings. The van der Waals surface area contributed by atoms with Crippen LogP contribution in [0.4, 0.5) is 17.6 Å². The van der Waals surface area contributed by atoms with Crippen LogP contribution in [0.15, 0.2) is 80.8 Å². The number of halogens is 4. The van der Waals surface area contributed by atoms with Crippen LogP contribution in [0, 0.1) is 23.3 Å². The minimum Gasteiger partial charge on any atom is -0.448 e. The molecule has 45 heavy (non-hydrogen) atoms. The number of benzene rings is 2. The summed E-state index contributed by atoms with van der Waals surface area (Å²) in [6, 6.07) is 8.54. The Morgan fingerprint density at radius 3 is 1.82 bits per heavy atom. The smallest absolute Gasteiger partial charge is 0.294 e. The lowest BCUT2D eigenvalue weighted by Crippen LogP contribution is -2.19. The summed E-state index contributed by atoms with van der Waals surface area (Å²) in [4.78, 5) is 43.5. The molecule has 0 aliphatic heterocycles. The zero-order chi connectivity index (χ0) is 32.2. The molecule has 6 rings (SSSR count). The van der Waals surface area contributed by atoms with Crippen molar-refractivity contribution in [2.45, 2.75) is 10.3 Å². The van der Waals surface area contributed by atoms with Gasteiger partial charge < -0.3 is 14.5 Å². The lowest BCUT2D eigenvalue weighted by Gasteiger charge is -2.10. The fraction of sp³-hybridized carbons (Fsp3) is 0.103. The number of thioether (sulfide) groups is 2. The molecule has 4 heterocycles. The summed E-state index contributed by atoms with van der Waals surface area (Å²) >= 11 is 2.69. The summed E-state index contributed by atoms with van der Waals surface area (Å²) in [6.07, 6.45) is 6.72. The van der Waals surface area contributed by atoms with Crippen molar-refractivity contribution in [2.75, 3.05) is 12.5 Å². The van der Waals surface area contributed by atoms with Crippen LogP contribution in [-0.4, -0.2) is 42.0 Å². The lowest BCUT2D eigenvalue weighted by molar-refractivity contribution is 0.430. The molecule has 10 nitrogen and oxygen atoms in total. The number of aromatic amines is 1. The van der Waals surface area contributed by atoms with E-state index in [0.717, 1.165) is 24.3 Å². The second-order valence-electron chi connectivity index (χ2n) is 8.99. The van der Waals surface area contributed by atoms with Gasteiger partial charge in [0.25, 0.3) is 11.1 Å². The van der Waals surface area contributed by atoms with Gasteiger partial charge in [0.05, 0.1) is 0 Å². The van der Waals surface area contributed by atoms with Crippen molar-refractivity contribution in [1.82, 2.24) is 29.5 Å². The van der Waals surface area contributed by atoms with Crippen molar-refractivity contribution in [2.24, 2.45) is 7.05 Å². The molecule has 0 aliphatic rings. The number of hydrogen-bond donors (Lipinski definition) is 1. The number of fused-ring (bicyclic) bond motifs is 2. The summed E-state index contributed by atoms with van der Waals surface area (Å²) in [5, 5.41) is 2.16. The fourth-order valence-electron chi connectivity index (χ4n) is 3.86. The summed E-state index contributed by atoms with van der Waals surface area (Å²) in [5.41, 5.74) is -0.244. The molecule has 2 aromatic carbocycles. The first-order valence-electron chi connectivity index (χ1n) is 12.7. The number of aryl methyl sites for hydroxylation is 1. The number of hydrogen-bond acceptors (Lipinski definition) is 10. The minimum atomic E-state index is -0.895. The van der Waals surface area contributed by atoms with Gasteiger partial charge in [0, 0.05) is 42.3 Å². The Bertz CT molecular complexity index is 2180. The predicted octanol–water partition coefficient (Wildman–Crippen LogP) is 6.23.